The zero-order chi connectivity index (χ0) is 9.02. The molecule has 0 aliphatic heterocycles. The number of primary amides is 1. The second kappa shape index (κ2) is 3.75. The molecule has 0 saturated heterocycles. The van der Waals surface area contributed by atoms with Gasteiger partial charge >= 0.3 is 0 Å². The van der Waals surface area contributed by atoms with Crippen molar-refractivity contribution in [2.75, 3.05) is 7.05 Å². The lowest BCUT2D eigenvalue weighted by atomic mass is 10.3. The van der Waals surface area contributed by atoms with Crippen LogP contribution in [-0.2, 0) is 9.59 Å². The molecular formula is C7H14N2O2. The van der Waals surface area contributed by atoms with Gasteiger partial charge in [0.05, 0.1) is 0 Å². The minimum absolute atomic E-state index is 0. The van der Waals surface area contributed by atoms with Crippen LogP contribution in [-0.4, -0.2) is 29.8 Å². The van der Waals surface area contributed by atoms with Crippen LogP contribution in [0.5, 0.6) is 0 Å². The van der Waals surface area contributed by atoms with E-state index in [1.807, 2.05) is 0 Å². The van der Waals surface area contributed by atoms with E-state index in [0.29, 0.717) is 0 Å². The van der Waals surface area contributed by atoms with Gasteiger partial charge in [-0.15, -0.1) is 0 Å². The predicted molar refractivity (Wildman–Crippen MR) is 43.7 cm³/mol. The summed E-state index contributed by atoms with van der Waals surface area (Å²) in [6.07, 6.45) is 1.14. The van der Waals surface area contributed by atoms with Crippen LogP contribution in [0.15, 0.2) is 12.7 Å². The average Bonchev–Trinajstić information content (AvgIpc) is 2.00. The van der Waals surface area contributed by atoms with Gasteiger partial charge in [0.15, 0.2) is 0 Å². The summed E-state index contributed by atoms with van der Waals surface area (Å²) in [6.45, 7) is 4.84. The lowest BCUT2D eigenvalue weighted by molar-refractivity contribution is -0.133. The van der Waals surface area contributed by atoms with Crippen molar-refractivity contribution < 1.29 is 11.0 Å². The first-order chi connectivity index (χ1) is 5.00. The number of carbonyl (C=O) groups is 2. The van der Waals surface area contributed by atoms with E-state index in [0.717, 1.165) is 6.08 Å². The third kappa shape index (κ3) is 2.41. The summed E-state index contributed by atoms with van der Waals surface area (Å²) < 4.78 is 0. The molecular weight excluding hydrogens is 144 g/mol. The first kappa shape index (κ1) is 9.68. The number of amides is 2. The molecule has 0 aromatic carbocycles. The SMILES string of the molecule is C=CC(=O)N(C)C(C)C(N)=O.[HH]. The summed E-state index contributed by atoms with van der Waals surface area (Å²) in [4.78, 5) is 22.6. The molecule has 64 valence electrons. The van der Waals surface area contributed by atoms with Crippen LogP contribution in [0.2, 0.25) is 0 Å². The fourth-order valence-corrected chi connectivity index (χ4v) is 0.526. The number of likely N-dealkylation sites (N-methyl/N-ethyl adjacent to an activating group) is 1. The van der Waals surface area contributed by atoms with Gasteiger partial charge in [-0.3, -0.25) is 9.59 Å². The number of rotatable bonds is 3. The molecule has 2 amide bonds. The Morgan fingerprint density at radius 3 is 2.45 bits per heavy atom. The molecule has 1 unspecified atom stereocenters. The summed E-state index contributed by atoms with van der Waals surface area (Å²) in [5.74, 6) is -0.834. The van der Waals surface area contributed by atoms with Gasteiger partial charge in [-0.05, 0) is 13.0 Å². The molecule has 0 heterocycles. The quantitative estimate of drug-likeness (QED) is 0.576. The van der Waals surface area contributed by atoms with Crippen LogP contribution < -0.4 is 5.73 Å². The molecule has 2 N–H and O–H groups in total. The lowest BCUT2D eigenvalue weighted by Crippen LogP contribution is -2.42. The van der Waals surface area contributed by atoms with Crippen LogP contribution in [0.1, 0.15) is 8.35 Å². The van der Waals surface area contributed by atoms with Crippen LogP contribution in [0.25, 0.3) is 0 Å². The molecule has 1 atom stereocenters. The molecule has 4 heteroatoms. The highest BCUT2D eigenvalue weighted by atomic mass is 16.2. The molecule has 0 spiro atoms. The summed E-state index contributed by atoms with van der Waals surface area (Å²) >= 11 is 0. The Kier molecular flexibility index (Phi) is 3.30. The summed E-state index contributed by atoms with van der Waals surface area (Å²) in [6, 6.07) is -0.583. The first-order valence-corrected chi connectivity index (χ1v) is 3.19. The van der Waals surface area contributed by atoms with Gasteiger partial charge in [0.25, 0.3) is 0 Å². The molecule has 0 aliphatic carbocycles. The van der Waals surface area contributed by atoms with Crippen molar-refractivity contribution in [2.24, 2.45) is 5.73 Å². The predicted octanol–water partition coefficient (Wildman–Crippen LogP) is -0.249. The van der Waals surface area contributed by atoms with E-state index in [2.05, 4.69) is 6.58 Å². The minimum Gasteiger partial charge on any atom is -0.368 e. The molecule has 0 aromatic heterocycles. The van der Waals surface area contributed by atoms with Gasteiger partial charge in [-0.1, -0.05) is 6.58 Å². The molecule has 4 nitrogen and oxygen atoms in total. The highest BCUT2D eigenvalue weighted by Crippen LogP contribution is 1.94. The maximum Gasteiger partial charge on any atom is 0.246 e. The minimum atomic E-state index is -0.583. The van der Waals surface area contributed by atoms with Crippen LogP contribution >= 0.6 is 0 Å². The van der Waals surface area contributed by atoms with Gasteiger partial charge < -0.3 is 10.6 Å². The fourth-order valence-electron chi connectivity index (χ4n) is 0.526. The highest BCUT2D eigenvalue weighted by molar-refractivity contribution is 5.91. The number of nitrogens with two attached hydrogens (primary N) is 1. The van der Waals surface area contributed by atoms with Crippen molar-refractivity contribution in [2.45, 2.75) is 13.0 Å². The summed E-state index contributed by atoms with van der Waals surface area (Å²) in [5.41, 5.74) is 4.96. The Morgan fingerprint density at radius 2 is 2.18 bits per heavy atom. The number of hydrogen-bond donors (Lipinski definition) is 1. The van der Waals surface area contributed by atoms with Crippen molar-refractivity contribution in [3.05, 3.63) is 12.7 Å². The second-order valence-corrected chi connectivity index (χ2v) is 2.23. The van der Waals surface area contributed by atoms with E-state index >= 15 is 0 Å². The van der Waals surface area contributed by atoms with E-state index < -0.39 is 11.9 Å². The standard InChI is InChI=1S/C7H12N2O2.H2/c1-4-6(10)9(3)5(2)7(8)11;/h4-5H,1H2,2-3H3,(H2,8,11);1H. The lowest BCUT2D eigenvalue weighted by Gasteiger charge is -2.20. The summed E-state index contributed by atoms with van der Waals surface area (Å²) in [7, 11) is 1.50. The van der Waals surface area contributed by atoms with E-state index in [1.165, 1.54) is 11.9 Å². The van der Waals surface area contributed by atoms with E-state index in [9.17, 15) is 9.59 Å². The van der Waals surface area contributed by atoms with Gasteiger partial charge in [0.1, 0.15) is 6.04 Å². The Hall–Kier alpha value is -1.32. The molecule has 0 radical (unpaired) electrons. The van der Waals surface area contributed by atoms with E-state index in [4.69, 9.17) is 5.73 Å². The van der Waals surface area contributed by atoms with Gasteiger partial charge in [0.2, 0.25) is 11.8 Å². The van der Waals surface area contributed by atoms with Crippen molar-refractivity contribution in [1.82, 2.24) is 4.90 Å². The zero-order valence-corrected chi connectivity index (χ0v) is 6.70. The average molecular weight is 158 g/mol. The maximum atomic E-state index is 10.9. The monoisotopic (exact) mass is 158 g/mol. The first-order valence-electron chi connectivity index (χ1n) is 3.19. The third-order valence-corrected chi connectivity index (χ3v) is 1.51. The Morgan fingerprint density at radius 1 is 1.73 bits per heavy atom. The van der Waals surface area contributed by atoms with Crippen molar-refractivity contribution in [3.63, 3.8) is 0 Å². The van der Waals surface area contributed by atoms with E-state index in [1.54, 1.807) is 6.92 Å². The smallest absolute Gasteiger partial charge is 0.246 e. The van der Waals surface area contributed by atoms with Crippen molar-refractivity contribution >= 4 is 11.8 Å². The molecule has 0 aliphatic rings. The number of hydrogen-bond acceptors (Lipinski definition) is 2. The van der Waals surface area contributed by atoms with Crippen LogP contribution in [0.4, 0.5) is 0 Å². The normalized spacial score (nSPS) is 11.8. The Bertz CT molecular complexity index is 194. The Balaban J connectivity index is 0. The Labute approximate surface area is 67.1 Å². The molecule has 11 heavy (non-hydrogen) atoms. The summed E-state index contributed by atoms with van der Waals surface area (Å²) in [5, 5.41) is 0. The van der Waals surface area contributed by atoms with Gasteiger partial charge in [0, 0.05) is 8.47 Å². The molecule has 0 aromatic rings. The fraction of sp³-hybridized carbons (Fsp3) is 0.429. The van der Waals surface area contributed by atoms with Crippen LogP contribution in [0.3, 0.4) is 0 Å². The van der Waals surface area contributed by atoms with Crippen LogP contribution in [0, 0.1) is 0 Å². The molecule has 0 saturated carbocycles. The third-order valence-electron chi connectivity index (χ3n) is 1.51. The largest absolute Gasteiger partial charge is 0.368 e. The number of carbonyl (C=O) groups excluding carboxylic acids is 2. The number of nitrogens with zero attached hydrogens (tertiary/aromatic N) is 1. The molecule has 0 rings (SSSR count). The molecule has 0 bridgehead atoms. The van der Waals surface area contributed by atoms with E-state index in [-0.39, 0.29) is 7.33 Å². The van der Waals surface area contributed by atoms with Crippen molar-refractivity contribution in [3.8, 4) is 0 Å². The van der Waals surface area contributed by atoms with Gasteiger partial charge in [-0.25, -0.2) is 0 Å². The highest BCUT2D eigenvalue weighted by Gasteiger charge is 2.17. The maximum absolute atomic E-state index is 10.9. The van der Waals surface area contributed by atoms with Gasteiger partial charge in [-0.2, -0.15) is 0 Å². The zero-order valence-electron chi connectivity index (χ0n) is 6.70. The van der Waals surface area contributed by atoms with Crippen molar-refractivity contribution in [1.29, 1.82) is 0 Å². The topological polar surface area (TPSA) is 63.4 Å². The molecule has 0 fully saturated rings. The second-order valence-electron chi connectivity index (χ2n) is 2.23.